The maximum atomic E-state index is 12.8. The number of anilines is 1. The van der Waals surface area contributed by atoms with Crippen LogP contribution in [0.25, 0.3) is 0 Å². The van der Waals surface area contributed by atoms with E-state index in [1.54, 1.807) is 24.5 Å². The van der Waals surface area contributed by atoms with Crippen molar-refractivity contribution in [1.82, 2.24) is 14.9 Å². The Hall–Kier alpha value is -2.15. The summed E-state index contributed by atoms with van der Waals surface area (Å²) in [6.45, 7) is 5.39. The van der Waals surface area contributed by atoms with E-state index in [-0.39, 0.29) is 6.04 Å². The topological polar surface area (TPSA) is 32.3 Å². The van der Waals surface area contributed by atoms with E-state index in [0.29, 0.717) is 6.42 Å². The number of hydrogen-bond donors (Lipinski definition) is 0. The van der Waals surface area contributed by atoms with Gasteiger partial charge in [0.25, 0.3) is 0 Å². The van der Waals surface area contributed by atoms with Crippen LogP contribution >= 0.6 is 0 Å². The zero-order valence-electron chi connectivity index (χ0n) is 14.1. The Labute approximate surface area is 145 Å². The average molecular weight is 350 g/mol. The summed E-state index contributed by atoms with van der Waals surface area (Å²) in [5.41, 5.74) is 0.138. The number of nitrogens with zero attached hydrogens (tertiary/aromatic N) is 4. The number of aromatic nitrogens is 2. The van der Waals surface area contributed by atoms with Gasteiger partial charge in [-0.05, 0) is 31.0 Å². The zero-order chi connectivity index (χ0) is 17.9. The molecule has 7 heteroatoms. The lowest BCUT2D eigenvalue weighted by molar-refractivity contribution is -0.137. The summed E-state index contributed by atoms with van der Waals surface area (Å²) in [6, 6.07) is 7.59. The van der Waals surface area contributed by atoms with Crippen molar-refractivity contribution in [3.8, 4) is 0 Å². The molecule has 0 spiro atoms. The summed E-state index contributed by atoms with van der Waals surface area (Å²) < 4.78 is 38.5. The van der Waals surface area contributed by atoms with Gasteiger partial charge in [-0.15, -0.1) is 0 Å². The molecule has 1 aromatic carbocycles. The minimum atomic E-state index is -4.29. The molecule has 3 rings (SSSR count). The molecule has 1 aliphatic rings. The van der Waals surface area contributed by atoms with Gasteiger partial charge in [0, 0.05) is 44.6 Å². The van der Waals surface area contributed by atoms with E-state index >= 15 is 0 Å². The van der Waals surface area contributed by atoms with Gasteiger partial charge in [-0.2, -0.15) is 13.2 Å². The summed E-state index contributed by atoms with van der Waals surface area (Å²) in [6.07, 6.45) is -0.234. The van der Waals surface area contributed by atoms with Crippen LogP contribution in [0, 0.1) is 0 Å². The summed E-state index contributed by atoms with van der Waals surface area (Å²) in [5, 5.41) is 0. The third kappa shape index (κ3) is 4.48. The molecule has 0 radical (unpaired) electrons. The van der Waals surface area contributed by atoms with Gasteiger partial charge in [-0.1, -0.05) is 18.2 Å². The first-order valence-electron chi connectivity index (χ1n) is 8.35. The van der Waals surface area contributed by atoms with Gasteiger partial charge in [0.15, 0.2) is 0 Å². The Bertz CT molecular complexity index is 682. The van der Waals surface area contributed by atoms with Crippen molar-refractivity contribution in [2.24, 2.45) is 0 Å². The van der Waals surface area contributed by atoms with Gasteiger partial charge in [0.05, 0.1) is 5.56 Å². The summed E-state index contributed by atoms with van der Waals surface area (Å²) in [7, 11) is 0. The van der Waals surface area contributed by atoms with E-state index in [2.05, 4.69) is 26.7 Å². The van der Waals surface area contributed by atoms with Crippen LogP contribution in [0.4, 0.5) is 19.1 Å². The van der Waals surface area contributed by atoms with Crippen LogP contribution < -0.4 is 4.90 Å². The highest BCUT2D eigenvalue weighted by Gasteiger charge is 2.30. The minimum Gasteiger partial charge on any atom is -0.338 e. The van der Waals surface area contributed by atoms with Crippen molar-refractivity contribution in [3.63, 3.8) is 0 Å². The highest BCUT2D eigenvalue weighted by atomic mass is 19.4. The lowest BCUT2D eigenvalue weighted by Gasteiger charge is -2.38. The van der Waals surface area contributed by atoms with Crippen LogP contribution in [0.1, 0.15) is 18.1 Å². The van der Waals surface area contributed by atoms with Crippen molar-refractivity contribution in [1.29, 1.82) is 0 Å². The molecule has 4 nitrogen and oxygen atoms in total. The second-order valence-electron chi connectivity index (χ2n) is 6.32. The largest absolute Gasteiger partial charge is 0.416 e. The molecule has 0 bridgehead atoms. The number of halogens is 3. The molecule has 0 saturated carbocycles. The smallest absolute Gasteiger partial charge is 0.338 e. The molecule has 0 unspecified atom stereocenters. The zero-order valence-corrected chi connectivity index (χ0v) is 14.1. The number of alkyl halides is 3. The van der Waals surface area contributed by atoms with Crippen molar-refractivity contribution in [2.45, 2.75) is 25.6 Å². The number of benzene rings is 1. The molecule has 25 heavy (non-hydrogen) atoms. The average Bonchev–Trinajstić information content (AvgIpc) is 2.62. The fraction of sp³-hybridized carbons (Fsp3) is 0.444. The molecule has 1 aliphatic heterocycles. The normalized spacial score (nSPS) is 17.5. The molecule has 1 saturated heterocycles. The van der Waals surface area contributed by atoms with E-state index < -0.39 is 11.7 Å². The van der Waals surface area contributed by atoms with Gasteiger partial charge in [0.1, 0.15) is 0 Å². The SMILES string of the molecule is C[C@H](Cc1cccc(C(F)(F)F)c1)N1CCN(c2ncccn2)CC1. The predicted molar refractivity (Wildman–Crippen MR) is 90.4 cm³/mol. The van der Waals surface area contributed by atoms with Gasteiger partial charge >= 0.3 is 6.18 Å². The van der Waals surface area contributed by atoms with E-state index in [1.165, 1.54) is 12.1 Å². The van der Waals surface area contributed by atoms with Crippen LogP contribution in [-0.4, -0.2) is 47.1 Å². The monoisotopic (exact) mass is 350 g/mol. The fourth-order valence-corrected chi connectivity index (χ4v) is 3.16. The van der Waals surface area contributed by atoms with E-state index in [9.17, 15) is 13.2 Å². The predicted octanol–water partition coefficient (Wildman–Crippen LogP) is 3.25. The highest BCUT2D eigenvalue weighted by molar-refractivity contribution is 5.29. The molecular weight excluding hydrogens is 329 g/mol. The van der Waals surface area contributed by atoms with Crippen LogP contribution in [0.2, 0.25) is 0 Å². The third-order valence-corrected chi connectivity index (χ3v) is 4.56. The third-order valence-electron chi connectivity index (χ3n) is 4.56. The molecule has 1 aromatic heterocycles. The van der Waals surface area contributed by atoms with Crippen LogP contribution in [0.15, 0.2) is 42.7 Å². The fourth-order valence-electron chi connectivity index (χ4n) is 3.16. The summed E-state index contributed by atoms with van der Waals surface area (Å²) >= 11 is 0. The maximum absolute atomic E-state index is 12.8. The Kier molecular flexibility index (Phi) is 5.22. The molecule has 0 N–H and O–H groups in total. The molecular formula is C18H21F3N4. The van der Waals surface area contributed by atoms with Gasteiger partial charge in [-0.25, -0.2) is 9.97 Å². The van der Waals surface area contributed by atoms with Crippen molar-refractivity contribution in [3.05, 3.63) is 53.9 Å². The molecule has 1 atom stereocenters. The van der Waals surface area contributed by atoms with Gasteiger partial charge < -0.3 is 4.90 Å². The summed E-state index contributed by atoms with van der Waals surface area (Å²) in [4.78, 5) is 13.0. The van der Waals surface area contributed by atoms with E-state index in [4.69, 9.17) is 0 Å². The number of rotatable bonds is 4. The Morgan fingerprint density at radius 1 is 1.04 bits per heavy atom. The Morgan fingerprint density at radius 3 is 2.36 bits per heavy atom. The lowest BCUT2D eigenvalue weighted by Crippen LogP contribution is -2.50. The second-order valence-corrected chi connectivity index (χ2v) is 6.32. The van der Waals surface area contributed by atoms with E-state index in [1.807, 2.05) is 0 Å². The molecule has 2 aromatic rings. The highest BCUT2D eigenvalue weighted by Crippen LogP contribution is 2.30. The second kappa shape index (κ2) is 7.39. The van der Waals surface area contributed by atoms with Crippen molar-refractivity contribution in [2.75, 3.05) is 31.1 Å². The van der Waals surface area contributed by atoms with Crippen LogP contribution in [0.3, 0.4) is 0 Å². The van der Waals surface area contributed by atoms with Gasteiger partial charge in [-0.3, -0.25) is 4.90 Å². The standard InChI is InChI=1S/C18H21F3N4/c1-14(12-15-4-2-5-16(13-15)18(19,20)21)24-8-10-25(11-9-24)17-22-6-3-7-23-17/h2-7,13-14H,8-12H2,1H3/t14-/m1/s1. The van der Waals surface area contributed by atoms with Gasteiger partial charge in [0.2, 0.25) is 5.95 Å². The number of piperazine rings is 1. The van der Waals surface area contributed by atoms with Crippen LogP contribution in [-0.2, 0) is 12.6 Å². The lowest BCUT2D eigenvalue weighted by atomic mass is 10.0. The molecule has 2 heterocycles. The first-order valence-corrected chi connectivity index (χ1v) is 8.35. The molecule has 134 valence electrons. The molecule has 1 fully saturated rings. The van der Waals surface area contributed by atoms with E-state index in [0.717, 1.165) is 43.8 Å². The quantitative estimate of drug-likeness (QED) is 0.847. The van der Waals surface area contributed by atoms with Crippen LogP contribution in [0.5, 0.6) is 0 Å². The number of hydrogen-bond acceptors (Lipinski definition) is 4. The Morgan fingerprint density at radius 2 is 1.72 bits per heavy atom. The molecule has 0 aliphatic carbocycles. The Balaban J connectivity index is 1.57. The summed E-state index contributed by atoms with van der Waals surface area (Å²) in [5.74, 6) is 0.729. The minimum absolute atomic E-state index is 0.183. The first-order chi connectivity index (χ1) is 11.9. The first kappa shape index (κ1) is 17.7. The maximum Gasteiger partial charge on any atom is 0.416 e. The van der Waals surface area contributed by atoms with Crippen molar-refractivity contribution >= 4 is 5.95 Å². The molecule has 0 amide bonds. The van der Waals surface area contributed by atoms with Crippen molar-refractivity contribution < 1.29 is 13.2 Å².